The van der Waals surface area contributed by atoms with Gasteiger partial charge in [0.1, 0.15) is 0 Å². The van der Waals surface area contributed by atoms with Gasteiger partial charge >= 0.3 is 6.03 Å². The number of carbonyl (C=O) groups excluding carboxylic acids is 1. The monoisotopic (exact) mass is 360 g/mol. The fourth-order valence-electron chi connectivity index (χ4n) is 3.76. The van der Waals surface area contributed by atoms with Crippen LogP contribution < -0.4 is 10.6 Å². The normalized spacial score (nSPS) is 16.7. The van der Waals surface area contributed by atoms with Crippen LogP contribution in [0.25, 0.3) is 0 Å². The van der Waals surface area contributed by atoms with Gasteiger partial charge in [-0.3, -0.25) is 0 Å². The molecule has 26 heavy (non-hydrogen) atoms. The minimum Gasteiger partial charge on any atom is -0.338 e. The zero-order valence-corrected chi connectivity index (χ0v) is 16.7. The van der Waals surface area contributed by atoms with Gasteiger partial charge in [0.15, 0.2) is 0 Å². The van der Waals surface area contributed by atoms with Gasteiger partial charge in [0, 0.05) is 19.1 Å². The van der Waals surface area contributed by atoms with Crippen LogP contribution in [-0.4, -0.2) is 62.7 Å². The molecule has 1 fully saturated rings. The Bertz CT molecular complexity index is 514. The zero-order chi connectivity index (χ0) is 18.8. The molecule has 2 N–H and O–H groups in total. The van der Waals surface area contributed by atoms with Crippen LogP contribution in [0.4, 0.5) is 4.79 Å². The largest absolute Gasteiger partial charge is 0.338 e. The number of hydrogen-bond acceptors (Lipinski definition) is 3. The van der Waals surface area contributed by atoms with Crippen LogP contribution in [0, 0.1) is 0 Å². The highest BCUT2D eigenvalue weighted by atomic mass is 16.2. The Morgan fingerprint density at radius 2 is 1.77 bits per heavy atom. The molecular formula is C21H36N4O. The quantitative estimate of drug-likeness (QED) is 0.665. The minimum absolute atomic E-state index is 0.0758. The first kappa shape index (κ1) is 20.7. The molecule has 0 heterocycles. The summed E-state index contributed by atoms with van der Waals surface area (Å²) in [5, 5.41) is 6.00. The lowest BCUT2D eigenvalue weighted by Crippen LogP contribution is -2.41. The summed E-state index contributed by atoms with van der Waals surface area (Å²) in [6, 6.07) is 11.1. The van der Waals surface area contributed by atoms with Crippen molar-refractivity contribution in [2.24, 2.45) is 0 Å². The summed E-state index contributed by atoms with van der Waals surface area (Å²) in [7, 11) is 6.30. The Kier molecular flexibility index (Phi) is 8.92. The Labute approximate surface area is 159 Å². The number of rotatable bonds is 9. The summed E-state index contributed by atoms with van der Waals surface area (Å²) >= 11 is 0. The van der Waals surface area contributed by atoms with Crippen LogP contribution in [0.1, 0.15) is 50.1 Å². The number of carbonyl (C=O) groups is 1. The Morgan fingerprint density at radius 3 is 2.42 bits per heavy atom. The van der Waals surface area contributed by atoms with E-state index in [4.69, 9.17) is 0 Å². The van der Waals surface area contributed by atoms with Gasteiger partial charge < -0.3 is 20.4 Å². The molecule has 2 rings (SSSR count). The Hall–Kier alpha value is -1.59. The molecule has 0 bridgehead atoms. The molecule has 2 amide bonds. The van der Waals surface area contributed by atoms with Crippen LogP contribution in [0.2, 0.25) is 0 Å². The maximum absolute atomic E-state index is 12.1. The first-order valence-electron chi connectivity index (χ1n) is 10.0. The maximum atomic E-state index is 12.1. The van der Waals surface area contributed by atoms with Crippen molar-refractivity contribution in [1.29, 1.82) is 0 Å². The van der Waals surface area contributed by atoms with Gasteiger partial charge in [-0.25, -0.2) is 4.79 Å². The molecule has 1 atom stereocenters. The van der Waals surface area contributed by atoms with Crippen molar-refractivity contribution in [3.63, 3.8) is 0 Å². The number of amides is 2. The van der Waals surface area contributed by atoms with E-state index >= 15 is 0 Å². The van der Waals surface area contributed by atoms with Gasteiger partial charge in [-0.2, -0.15) is 0 Å². The highest BCUT2D eigenvalue weighted by Crippen LogP contribution is 2.21. The molecule has 0 saturated heterocycles. The van der Waals surface area contributed by atoms with Crippen LogP contribution in [0.5, 0.6) is 0 Å². The predicted octanol–water partition coefficient (Wildman–Crippen LogP) is 3.24. The second kappa shape index (κ2) is 11.2. The molecule has 146 valence electrons. The van der Waals surface area contributed by atoms with Gasteiger partial charge in [-0.15, -0.1) is 0 Å². The summed E-state index contributed by atoms with van der Waals surface area (Å²) in [5.41, 5.74) is 1.21. The lowest BCUT2D eigenvalue weighted by Gasteiger charge is -2.31. The SMILES string of the molecule is CN(CCCNC(=O)NC[C@H](c1ccccc1)N(C)C)C1CCCCC1. The number of urea groups is 1. The molecular weight excluding hydrogens is 324 g/mol. The molecule has 0 aliphatic heterocycles. The number of hydrogen-bond donors (Lipinski definition) is 2. The molecule has 1 aliphatic carbocycles. The number of nitrogens with zero attached hydrogens (tertiary/aromatic N) is 2. The smallest absolute Gasteiger partial charge is 0.314 e. The van der Waals surface area contributed by atoms with E-state index in [2.05, 4.69) is 39.6 Å². The first-order valence-corrected chi connectivity index (χ1v) is 10.0. The predicted molar refractivity (Wildman–Crippen MR) is 108 cm³/mol. The lowest BCUT2D eigenvalue weighted by molar-refractivity contribution is 0.189. The molecule has 0 radical (unpaired) electrons. The van der Waals surface area contributed by atoms with Crippen LogP contribution >= 0.6 is 0 Å². The summed E-state index contributed by atoms with van der Waals surface area (Å²) in [6.07, 6.45) is 7.78. The summed E-state index contributed by atoms with van der Waals surface area (Å²) in [5.74, 6) is 0. The molecule has 5 nitrogen and oxygen atoms in total. The fourth-order valence-corrected chi connectivity index (χ4v) is 3.76. The third-order valence-electron chi connectivity index (χ3n) is 5.43. The lowest BCUT2D eigenvalue weighted by atomic mass is 9.94. The van der Waals surface area contributed by atoms with Gasteiger partial charge in [0.2, 0.25) is 0 Å². The van der Waals surface area contributed by atoms with E-state index < -0.39 is 0 Å². The van der Waals surface area contributed by atoms with Crippen LogP contribution in [0.3, 0.4) is 0 Å². The number of benzene rings is 1. The van der Waals surface area contributed by atoms with E-state index in [0.29, 0.717) is 6.54 Å². The topological polar surface area (TPSA) is 47.6 Å². The zero-order valence-electron chi connectivity index (χ0n) is 16.7. The van der Waals surface area contributed by atoms with E-state index in [1.807, 2.05) is 32.3 Å². The number of nitrogens with one attached hydrogen (secondary N) is 2. The standard InChI is InChI=1S/C21H36N4O/c1-24(2)20(18-11-6-4-7-12-18)17-23-21(26)22-15-10-16-25(3)19-13-8-5-9-14-19/h4,6-7,11-12,19-20H,5,8-10,13-17H2,1-3H3,(H2,22,23,26)/t20-/m1/s1. The van der Waals surface area contributed by atoms with Crippen molar-refractivity contribution in [2.45, 2.75) is 50.6 Å². The first-order chi connectivity index (χ1) is 12.6. The van der Waals surface area contributed by atoms with Crippen molar-refractivity contribution in [1.82, 2.24) is 20.4 Å². The molecule has 0 aromatic heterocycles. The van der Waals surface area contributed by atoms with Crippen molar-refractivity contribution in [2.75, 3.05) is 40.8 Å². The third kappa shape index (κ3) is 6.96. The van der Waals surface area contributed by atoms with Crippen LogP contribution in [-0.2, 0) is 0 Å². The van der Waals surface area contributed by atoms with E-state index in [0.717, 1.165) is 25.6 Å². The van der Waals surface area contributed by atoms with Crippen molar-refractivity contribution < 1.29 is 4.79 Å². The average Bonchev–Trinajstić information content (AvgIpc) is 2.66. The Morgan fingerprint density at radius 1 is 1.08 bits per heavy atom. The van der Waals surface area contributed by atoms with Gasteiger partial charge in [0.05, 0.1) is 6.04 Å². The fraction of sp³-hybridized carbons (Fsp3) is 0.667. The average molecular weight is 361 g/mol. The van der Waals surface area contributed by atoms with Crippen molar-refractivity contribution in [3.8, 4) is 0 Å². The number of likely N-dealkylation sites (N-methyl/N-ethyl adjacent to an activating group) is 1. The highest BCUT2D eigenvalue weighted by Gasteiger charge is 2.17. The molecule has 5 heteroatoms. The molecule has 1 aromatic rings. The summed E-state index contributed by atoms with van der Waals surface area (Å²) in [6.45, 7) is 2.38. The van der Waals surface area contributed by atoms with E-state index in [-0.39, 0.29) is 12.1 Å². The molecule has 0 unspecified atom stereocenters. The Balaban J connectivity index is 1.63. The second-order valence-electron chi connectivity index (χ2n) is 7.65. The summed E-state index contributed by atoms with van der Waals surface area (Å²) < 4.78 is 0. The third-order valence-corrected chi connectivity index (χ3v) is 5.43. The van der Waals surface area contributed by atoms with Gasteiger partial charge in [-0.1, -0.05) is 49.6 Å². The molecule has 0 spiro atoms. The van der Waals surface area contributed by atoms with E-state index in [1.165, 1.54) is 37.7 Å². The second-order valence-corrected chi connectivity index (χ2v) is 7.65. The van der Waals surface area contributed by atoms with E-state index in [9.17, 15) is 4.79 Å². The minimum atomic E-state index is -0.0758. The van der Waals surface area contributed by atoms with Crippen molar-refractivity contribution in [3.05, 3.63) is 35.9 Å². The van der Waals surface area contributed by atoms with E-state index in [1.54, 1.807) is 0 Å². The van der Waals surface area contributed by atoms with Crippen molar-refractivity contribution >= 4 is 6.03 Å². The molecule has 1 aliphatic rings. The summed E-state index contributed by atoms with van der Waals surface area (Å²) in [4.78, 5) is 16.7. The molecule has 1 aromatic carbocycles. The molecule has 1 saturated carbocycles. The maximum Gasteiger partial charge on any atom is 0.314 e. The van der Waals surface area contributed by atoms with Gasteiger partial charge in [-0.05, 0) is 52.5 Å². The van der Waals surface area contributed by atoms with Crippen LogP contribution in [0.15, 0.2) is 30.3 Å². The highest BCUT2D eigenvalue weighted by molar-refractivity contribution is 5.73. The van der Waals surface area contributed by atoms with Gasteiger partial charge in [0.25, 0.3) is 0 Å².